The lowest BCUT2D eigenvalue weighted by Crippen LogP contribution is -2.08. The normalized spacial score (nSPS) is 12.0. The molecule has 1 aromatic carbocycles. The molecule has 1 heterocycles. The van der Waals surface area contributed by atoms with Crippen molar-refractivity contribution >= 4 is 12.0 Å². The maximum Gasteiger partial charge on any atom is 0.420 e. The Bertz CT molecular complexity index is 771. The first kappa shape index (κ1) is 18.5. The van der Waals surface area contributed by atoms with Crippen LogP contribution in [0.15, 0.2) is 48.3 Å². The topological polar surface area (TPSA) is 48.4 Å². The molecular formula is C18H16F3NO3. The fraction of sp³-hybridized carbons (Fsp3) is 0.222. The Morgan fingerprint density at radius 2 is 2.04 bits per heavy atom. The van der Waals surface area contributed by atoms with Gasteiger partial charge in [0.25, 0.3) is 0 Å². The van der Waals surface area contributed by atoms with Gasteiger partial charge in [-0.2, -0.15) is 13.2 Å². The van der Waals surface area contributed by atoms with Crippen molar-refractivity contribution in [2.24, 2.45) is 0 Å². The van der Waals surface area contributed by atoms with Gasteiger partial charge in [-0.25, -0.2) is 4.79 Å². The van der Waals surface area contributed by atoms with E-state index in [1.165, 1.54) is 43.6 Å². The van der Waals surface area contributed by atoms with Crippen LogP contribution in [0.3, 0.4) is 0 Å². The van der Waals surface area contributed by atoms with Crippen LogP contribution in [-0.4, -0.2) is 17.6 Å². The lowest BCUT2D eigenvalue weighted by molar-refractivity contribution is -0.139. The number of aromatic nitrogens is 1. The number of benzene rings is 1. The highest BCUT2D eigenvalue weighted by Gasteiger charge is 2.34. The highest BCUT2D eigenvalue weighted by Crippen LogP contribution is 2.38. The number of carbonyl (C=O) groups excluding carboxylic acids is 1. The summed E-state index contributed by atoms with van der Waals surface area (Å²) in [5.74, 6) is -0.725. The summed E-state index contributed by atoms with van der Waals surface area (Å²) in [6.45, 7) is 3.32. The van der Waals surface area contributed by atoms with Crippen LogP contribution in [0.2, 0.25) is 0 Å². The number of hydrogen-bond acceptors (Lipinski definition) is 4. The van der Waals surface area contributed by atoms with E-state index >= 15 is 0 Å². The van der Waals surface area contributed by atoms with E-state index in [0.29, 0.717) is 0 Å². The van der Waals surface area contributed by atoms with Crippen LogP contribution in [0.4, 0.5) is 13.2 Å². The Balaban J connectivity index is 2.37. The summed E-state index contributed by atoms with van der Waals surface area (Å²) in [4.78, 5) is 15.4. The van der Waals surface area contributed by atoms with Crippen molar-refractivity contribution < 1.29 is 27.4 Å². The Kier molecular flexibility index (Phi) is 5.80. The van der Waals surface area contributed by atoms with Crippen LogP contribution in [0.5, 0.6) is 11.5 Å². The zero-order valence-electron chi connectivity index (χ0n) is 13.6. The van der Waals surface area contributed by atoms with Gasteiger partial charge in [0.05, 0.1) is 18.4 Å². The molecule has 4 nitrogen and oxygen atoms in total. The molecule has 0 aliphatic carbocycles. The molecule has 25 heavy (non-hydrogen) atoms. The first-order valence-electron chi connectivity index (χ1n) is 7.46. The Labute approximate surface area is 142 Å². The van der Waals surface area contributed by atoms with Crippen LogP contribution < -0.4 is 4.74 Å². The van der Waals surface area contributed by atoms with Crippen LogP contribution in [0.25, 0.3) is 6.08 Å². The molecule has 132 valence electrons. The highest BCUT2D eigenvalue weighted by molar-refractivity contribution is 5.93. The Hall–Kier alpha value is -2.83. The number of rotatable bonds is 5. The monoisotopic (exact) mass is 351 g/mol. The smallest absolute Gasteiger partial charge is 0.420 e. The predicted molar refractivity (Wildman–Crippen MR) is 86.0 cm³/mol. The molecule has 2 aromatic rings. The lowest BCUT2D eigenvalue weighted by Gasteiger charge is -2.14. The third-order valence-corrected chi connectivity index (χ3v) is 3.15. The molecule has 0 radical (unpaired) electrons. The molecule has 0 aliphatic rings. The van der Waals surface area contributed by atoms with E-state index in [2.05, 4.69) is 4.98 Å². The van der Waals surface area contributed by atoms with Gasteiger partial charge in [-0.15, -0.1) is 0 Å². The second-order valence-corrected chi connectivity index (χ2v) is 5.09. The summed E-state index contributed by atoms with van der Waals surface area (Å²) >= 11 is 0. The summed E-state index contributed by atoms with van der Waals surface area (Å²) in [6, 6.07) is 6.63. The SMILES string of the molecule is CCOC(=O)/C(C)=C/c1ccc(Oc2cccnc2)c(C(F)(F)F)c1. The zero-order valence-corrected chi connectivity index (χ0v) is 13.6. The van der Waals surface area contributed by atoms with Gasteiger partial charge >= 0.3 is 12.1 Å². The van der Waals surface area contributed by atoms with Crippen molar-refractivity contribution in [1.82, 2.24) is 4.98 Å². The van der Waals surface area contributed by atoms with Gasteiger partial charge in [-0.05, 0) is 49.8 Å². The number of alkyl halides is 3. The fourth-order valence-electron chi connectivity index (χ4n) is 2.04. The van der Waals surface area contributed by atoms with Crippen molar-refractivity contribution in [3.8, 4) is 11.5 Å². The number of carbonyl (C=O) groups is 1. The fourth-order valence-corrected chi connectivity index (χ4v) is 2.04. The average molecular weight is 351 g/mol. The predicted octanol–water partition coefficient (Wildman–Crippen LogP) is 4.86. The van der Waals surface area contributed by atoms with E-state index < -0.39 is 17.7 Å². The van der Waals surface area contributed by atoms with Crippen LogP contribution in [-0.2, 0) is 15.7 Å². The van der Waals surface area contributed by atoms with Gasteiger partial charge < -0.3 is 9.47 Å². The van der Waals surface area contributed by atoms with Gasteiger partial charge in [0.15, 0.2) is 0 Å². The van der Waals surface area contributed by atoms with Gasteiger partial charge in [0.2, 0.25) is 0 Å². The minimum Gasteiger partial charge on any atom is -0.463 e. The minimum absolute atomic E-state index is 0.190. The van der Waals surface area contributed by atoms with Crippen LogP contribution in [0, 0.1) is 0 Å². The number of ether oxygens (including phenoxy) is 2. The zero-order chi connectivity index (χ0) is 18.4. The molecule has 0 fully saturated rings. The van der Waals surface area contributed by atoms with Crippen LogP contribution >= 0.6 is 0 Å². The van der Waals surface area contributed by atoms with Crippen molar-refractivity contribution in [1.29, 1.82) is 0 Å². The Morgan fingerprint density at radius 3 is 2.64 bits per heavy atom. The molecule has 0 N–H and O–H groups in total. The number of pyridine rings is 1. The van der Waals surface area contributed by atoms with Crippen LogP contribution in [0.1, 0.15) is 25.0 Å². The molecule has 0 amide bonds. The van der Waals surface area contributed by atoms with Gasteiger partial charge in [0, 0.05) is 11.8 Å². The molecule has 0 unspecified atom stereocenters. The standard InChI is InChI=1S/C18H16F3NO3/c1-3-24-17(23)12(2)9-13-6-7-16(15(10-13)18(19,20)21)25-14-5-4-8-22-11-14/h4-11H,3H2,1-2H3/b12-9+. The third kappa shape index (κ3) is 5.07. The molecule has 0 aliphatic heterocycles. The summed E-state index contributed by atoms with van der Waals surface area (Å²) in [7, 11) is 0. The lowest BCUT2D eigenvalue weighted by atomic mass is 10.1. The number of hydrogen-bond donors (Lipinski definition) is 0. The summed E-state index contributed by atoms with van der Waals surface area (Å²) in [6.07, 6.45) is -0.469. The number of esters is 1. The number of halogens is 3. The van der Waals surface area contributed by atoms with Crippen molar-refractivity contribution in [2.45, 2.75) is 20.0 Å². The average Bonchev–Trinajstić information content (AvgIpc) is 2.56. The van der Waals surface area contributed by atoms with E-state index in [1.807, 2.05) is 0 Å². The Morgan fingerprint density at radius 1 is 1.28 bits per heavy atom. The van der Waals surface area contributed by atoms with Crippen molar-refractivity contribution in [3.63, 3.8) is 0 Å². The van der Waals surface area contributed by atoms with E-state index in [-0.39, 0.29) is 29.2 Å². The van der Waals surface area contributed by atoms with E-state index in [0.717, 1.165) is 6.07 Å². The van der Waals surface area contributed by atoms with Gasteiger partial charge in [0.1, 0.15) is 11.5 Å². The largest absolute Gasteiger partial charge is 0.463 e. The molecule has 1 aromatic heterocycles. The van der Waals surface area contributed by atoms with E-state index in [9.17, 15) is 18.0 Å². The molecule has 2 rings (SSSR count). The maximum atomic E-state index is 13.3. The van der Waals surface area contributed by atoms with Gasteiger partial charge in [-0.3, -0.25) is 4.98 Å². The summed E-state index contributed by atoms with van der Waals surface area (Å²) < 4.78 is 50.1. The highest BCUT2D eigenvalue weighted by atomic mass is 19.4. The third-order valence-electron chi connectivity index (χ3n) is 3.15. The molecule has 7 heteroatoms. The first-order chi connectivity index (χ1) is 11.8. The van der Waals surface area contributed by atoms with E-state index in [4.69, 9.17) is 9.47 Å². The molecule has 0 atom stereocenters. The molecule has 0 spiro atoms. The van der Waals surface area contributed by atoms with E-state index in [1.54, 1.807) is 13.0 Å². The second-order valence-electron chi connectivity index (χ2n) is 5.09. The summed E-state index contributed by atoms with van der Waals surface area (Å²) in [5.41, 5.74) is -0.519. The van der Waals surface area contributed by atoms with Crippen molar-refractivity contribution in [2.75, 3.05) is 6.61 Å². The molecule has 0 bridgehead atoms. The quantitative estimate of drug-likeness (QED) is 0.570. The second kappa shape index (κ2) is 7.83. The summed E-state index contributed by atoms with van der Waals surface area (Å²) in [5, 5.41) is 0. The van der Waals surface area contributed by atoms with Gasteiger partial charge in [-0.1, -0.05) is 6.07 Å². The maximum absolute atomic E-state index is 13.3. The van der Waals surface area contributed by atoms with Crippen molar-refractivity contribution in [3.05, 3.63) is 59.4 Å². The molecule has 0 saturated heterocycles. The molecular weight excluding hydrogens is 335 g/mol. The number of nitrogens with zero attached hydrogens (tertiary/aromatic N) is 1. The minimum atomic E-state index is -4.61. The first-order valence-corrected chi connectivity index (χ1v) is 7.46. The molecule has 0 saturated carbocycles.